The highest BCUT2D eigenvalue weighted by atomic mass is 35.5. The molecule has 0 aliphatic rings. The number of nitrogens with zero attached hydrogens (tertiary/aromatic N) is 1. The number of carbonyl (C=O) groups excluding carboxylic acids is 1. The molecule has 4 aromatic rings. The maximum Gasteiger partial charge on any atom is 0.239 e. The van der Waals surface area contributed by atoms with Crippen LogP contribution in [-0.2, 0) is 4.79 Å². The second-order valence-corrected chi connectivity index (χ2v) is 6.50. The second kappa shape index (κ2) is 6.77. The van der Waals surface area contributed by atoms with Crippen molar-refractivity contribution in [1.29, 1.82) is 0 Å². The summed E-state index contributed by atoms with van der Waals surface area (Å²) in [4.78, 5) is 16.6. The molecule has 0 fully saturated rings. The summed E-state index contributed by atoms with van der Waals surface area (Å²) in [5.74, 6) is -0.313. The van der Waals surface area contributed by atoms with E-state index in [0.29, 0.717) is 5.69 Å². The van der Waals surface area contributed by atoms with Gasteiger partial charge in [-0.25, -0.2) is 4.98 Å². The van der Waals surface area contributed by atoms with Crippen LogP contribution in [0.4, 0.5) is 5.69 Å². The average molecular weight is 361 g/mol. The molecule has 3 aromatic carbocycles. The molecule has 1 heterocycles. The number of anilines is 1. The van der Waals surface area contributed by atoms with E-state index in [4.69, 9.17) is 16.6 Å². The molecular weight excluding hydrogens is 344 g/mol. The largest absolute Gasteiger partial charge is 0.324 e. The molecule has 0 saturated carbocycles. The third-order valence-corrected chi connectivity index (χ3v) is 4.74. The number of pyridine rings is 1. The number of aromatic nitrogens is 1. The van der Waals surface area contributed by atoms with E-state index in [1.807, 2.05) is 42.5 Å². The fourth-order valence-corrected chi connectivity index (χ4v) is 3.41. The van der Waals surface area contributed by atoms with E-state index in [0.717, 1.165) is 27.7 Å². The van der Waals surface area contributed by atoms with E-state index in [2.05, 4.69) is 36.5 Å². The van der Waals surface area contributed by atoms with Gasteiger partial charge in [-0.15, -0.1) is 11.6 Å². The molecule has 1 aromatic heterocycles. The van der Waals surface area contributed by atoms with Crippen molar-refractivity contribution < 1.29 is 4.79 Å². The van der Waals surface area contributed by atoms with Gasteiger partial charge in [-0.2, -0.15) is 0 Å². The summed E-state index contributed by atoms with van der Waals surface area (Å²) in [5, 5.41) is 6.41. The minimum absolute atomic E-state index is 0.0789. The van der Waals surface area contributed by atoms with Gasteiger partial charge in [0, 0.05) is 10.9 Å². The van der Waals surface area contributed by atoms with Gasteiger partial charge in [0.15, 0.2) is 0 Å². The Bertz CT molecular complexity index is 1140. The Morgan fingerprint density at radius 2 is 1.81 bits per heavy atom. The fourth-order valence-electron chi connectivity index (χ4n) is 3.34. The zero-order valence-corrected chi connectivity index (χ0v) is 15.0. The van der Waals surface area contributed by atoms with Crippen molar-refractivity contribution >= 4 is 44.9 Å². The molecule has 0 saturated heterocycles. The van der Waals surface area contributed by atoms with Crippen molar-refractivity contribution in [2.45, 2.75) is 6.92 Å². The van der Waals surface area contributed by atoms with Crippen LogP contribution in [0.3, 0.4) is 0 Å². The number of carbonyl (C=O) groups is 1. The maximum atomic E-state index is 11.7. The number of hydrogen-bond acceptors (Lipinski definition) is 2. The number of aryl methyl sites for hydroxylation is 1. The first-order valence-corrected chi connectivity index (χ1v) is 8.95. The minimum Gasteiger partial charge on any atom is -0.324 e. The van der Waals surface area contributed by atoms with Crippen LogP contribution in [0.5, 0.6) is 0 Å². The summed E-state index contributed by atoms with van der Waals surface area (Å²) < 4.78 is 0. The van der Waals surface area contributed by atoms with Gasteiger partial charge in [-0.05, 0) is 41.5 Å². The molecule has 1 N–H and O–H groups in total. The van der Waals surface area contributed by atoms with Crippen LogP contribution in [0.2, 0.25) is 0 Å². The number of rotatable bonds is 3. The SMILES string of the molecule is Cc1cc(-c2ccccc2NC(=O)CCl)nc2ccc3ccccc3c12. The number of para-hydroxylation sites is 1. The van der Waals surface area contributed by atoms with Gasteiger partial charge in [-0.3, -0.25) is 4.79 Å². The van der Waals surface area contributed by atoms with Gasteiger partial charge in [0.1, 0.15) is 5.88 Å². The zero-order chi connectivity index (χ0) is 18.1. The lowest BCUT2D eigenvalue weighted by Gasteiger charge is -2.13. The van der Waals surface area contributed by atoms with Crippen LogP contribution in [0, 0.1) is 6.92 Å². The zero-order valence-electron chi connectivity index (χ0n) is 14.3. The minimum atomic E-state index is -0.234. The van der Waals surface area contributed by atoms with E-state index < -0.39 is 0 Å². The number of nitrogens with one attached hydrogen (secondary N) is 1. The number of hydrogen-bond donors (Lipinski definition) is 1. The average Bonchev–Trinajstić information content (AvgIpc) is 2.67. The quantitative estimate of drug-likeness (QED) is 0.385. The predicted octanol–water partition coefficient (Wildman–Crippen LogP) is 5.54. The second-order valence-electron chi connectivity index (χ2n) is 6.23. The lowest BCUT2D eigenvalue weighted by Crippen LogP contribution is -2.13. The molecule has 4 heteroatoms. The van der Waals surface area contributed by atoms with E-state index in [1.165, 1.54) is 10.8 Å². The number of amides is 1. The van der Waals surface area contributed by atoms with Gasteiger partial charge < -0.3 is 5.32 Å². The molecule has 26 heavy (non-hydrogen) atoms. The fraction of sp³-hybridized carbons (Fsp3) is 0.0909. The number of halogens is 1. The van der Waals surface area contributed by atoms with Crippen molar-refractivity contribution in [2.24, 2.45) is 0 Å². The van der Waals surface area contributed by atoms with Gasteiger partial charge in [0.25, 0.3) is 0 Å². The molecule has 4 rings (SSSR count). The number of fused-ring (bicyclic) bond motifs is 3. The maximum absolute atomic E-state index is 11.7. The Kier molecular flexibility index (Phi) is 4.31. The first-order chi connectivity index (χ1) is 12.7. The van der Waals surface area contributed by atoms with Crippen molar-refractivity contribution in [2.75, 3.05) is 11.2 Å². The first-order valence-electron chi connectivity index (χ1n) is 8.41. The van der Waals surface area contributed by atoms with E-state index in [1.54, 1.807) is 0 Å². The van der Waals surface area contributed by atoms with Gasteiger partial charge in [-0.1, -0.05) is 48.5 Å². The van der Waals surface area contributed by atoms with Crippen LogP contribution < -0.4 is 5.32 Å². The third kappa shape index (κ3) is 2.91. The summed E-state index contributed by atoms with van der Waals surface area (Å²) in [6.07, 6.45) is 0. The Balaban J connectivity index is 1.92. The van der Waals surface area contributed by atoms with Crippen LogP contribution in [-0.4, -0.2) is 16.8 Å². The summed E-state index contributed by atoms with van der Waals surface area (Å²) in [5.41, 5.74) is 4.52. The van der Waals surface area contributed by atoms with E-state index in [9.17, 15) is 4.79 Å². The normalized spacial score (nSPS) is 11.0. The Morgan fingerprint density at radius 3 is 2.65 bits per heavy atom. The van der Waals surface area contributed by atoms with Crippen molar-refractivity contribution in [3.05, 3.63) is 72.3 Å². The van der Waals surface area contributed by atoms with E-state index in [-0.39, 0.29) is 11.8 Å². The van der Waals surface area contributed by atoms with Crippen molar-refractivity contribution in [3.8, 4) is 11.3 Å². The Morgan fingerprint density at radius 1 is 1.04 bits per heavy atom. The summed E-state index contributed by atoms with van der Waals surface area (Å²) in [7, 11) is 0. The molecule has 0 spiro atoms. The first kappa shape index (κ1) is 16.6. The molecule has 3 nitrogen and oxygen atoms in total. The number of benzene rings is 3. The molecule has 0 aliphatic carbocycles. The molecule has 0 aliphatic heterocycles. The standard InChI is InChI=1S/C22H17ClN2O/c1-14-12-20(17-8-4-5-9-18(17)25-21(26)13-23)24-19-11-10-15-6-2-3-7-16(15)22(14)19/h2-12H,13H2,1H3,(H,25,26). The summed E-state index contributed by atoms with van der Waals surface area (Å²) >= 11 is 5.63. The topological polar surface area (TPSA) is 42.0 Å². The van der Waals surface area contributed by atoms with Gasteiger partial charge in [0.2, 0.25) is 5.91 Å². The lowest BCUT2D eigenvalue weighted by molar-refractivity contribution is -0.113. The lowest BCUT2D eigenvalue weighted by atomic mass is 9.99. The van der Waals surface area contributed by atoms with Gasteiger partial charge >= 0.3 is 0 Å². The highest BCUT2D eigenvalue weighted by molar-refractivity contribution is 6.29. The van der Waals surface area contributed by atoms with Crippen LogP contribution in [0.15, 0.2) is 66.7 Å². The monoisotopic (exact) mass is 360 g/mol. The predicted molar refractivity (Wildman–Crippen MR) is 109 cm³/mol. The van der Waals surface area contributed by atoms with Crippen LogP contribution in [0.1, 0.15) is 5.56 Å². The van der Waals surface area contributed by atoms with Gasteiger partial charge in [0.05, 0.1) is 16.9 Å². The summed E-state index contributed by atoms with van der Waals surface area (Å²) in [6.45, 7) is 2.10. The third-order valence-electron chi connectivity index (χ3n) is 4.49. The van der Waals surface area contributed by atoms with Crippen LogP contribution >= 0.6 is 11.6 Å². The van der Waals surface area contributed by atoms with E-state index >= 15 is 0 Å². The molecular formula is C22H17ClN2O. The molecule has 0 unspecified atom stereocenters. The molecule has 128 valence electrons. The Labute approximate surface area is 156 Å². The molecule has 0 radical (unpaired) electrons. The number of alkyl halides is 1. The van der Waals surface area contributed by atoms with Crippen molar-refractivity contribution in [1.82, 2.24) is 4.98 Å². The smallest absolute Gasteiger partial charge is 0.239 e. The highest BCUT2D eigenvalue weighted by Gasteiger charge is 2.12. The Hall–Kier alpha value is -2.91. The van der Waals surface area contributed by atoms with Crippen LogP contribution in [0.25, 0.3) is 32.9 Å². The summed E-state index contributed by atoms with van der Waals surface area (Å²) in [6, 6.07) is 22.2. The van der Waals surface area contributed by atoms with Crippen molar-refractivity contribution in [3.63, 3.8) is 0 Å². The highest BCUT2D eigenvalue weighted by Crippen LogP contribution is 2.32. The molecule has 0 bridgehead atoms. The molecule has 0 atom stereocenters. The molecule has 1 amide bonds.